The second-order valence-corrected chi connectivity index (χ2v) is 9.39. The second kappa shape index (κ2) is 13.5. The number of nitrogen functional groups attached to an aromatic ring is 1. The molecule has 12 heteroatoms. The lowest BCUT2D eigenvalue weighted by Gasteiger charge is -2.18. The molecule has 0 saturated carbocycles. The first kappa shape index (κ1) is 29.3. The van der Waals surface area contributed by atoms with Gasteiger partial charge >= 0.3 is 5.82 Å². The molecule has 0 bridgehead atoms. The van der Waals surface area contributed by atoms with Gasteiger partial charge in [0.1, 0.15) is 18.4 Å². The zero-order chi connectivity index (χ0) is 27.8. The average molecular weight is 596 g/mol. The highest BCUT2D eigenvalue weighted by atomic mass is 35.5. The number of hydrogen-bond donors (Lipinski definition) is 1. The van der Waals surface area contributed by atoms with Crippen LogP contribution in [0.4, 0.5) is 11.6 Å². The summed E-state index contributed by atoms with van der Waals surface area (Å²) in [5.74, 6) is 0.581. The number of nitrogens with zero attached hydrogens (tertiary/aromatic N) is 3. The quantitative estimate of drug-likeness (QED) is 0.168. The number of nitrogens with two attached hydrogens (primary N) is 1. The van der Waals surface area contributed by atoms with Crippen molar-refractivity contribution < 1.29 is 14.4 Å². The van der Waals surface area contributed by atoms with E-state index in [-0.39, 0.29) is 17.7 Å². The lowest BCUT2D eigenvalue weighted by atomic mass is 10.1. The van der Waals surface area contributed by atoms with Gasteiger partial charge in [0, 0.05) is 37.4 Å². The number of ether oxygens (including phenoxy) is 2. The smallest absolute Gasteiger partial charge is 0.406 e. The van der Waals surface area contributed by atoms with Gasteiger partial charge < -0.3 is 25.3 Å². The van der Waals surface area contributed by atoms with Crippen molar-refractivity contribution in [3.8, 4) is 11.5 Å². The standard InChI is InChI=1S/C13H10Cl2N2O3.C13H12Cl2N2O/c1-8(12-9(14)4-2-5-10(12)15)20-11-6-3-7-16-13(11)17(18)19;1-8(12-9(14)4-2-5-10(12)15)18-11-6-3-7-17-13(11)16/h2-8H,1H3;2-8H,1H3,(H2,16,17). The number of nitro groups is 1. The number of halogens is 4. The minimum absolute atomic E-state index is 0.0704. The fraction of sp³-hybridized carbons (Fsp3) is 0.154. The van der Waals surface area contributed by atoms with E-state index in [1.165, 1.54) is 12.3 Å². The Hall–Kier alpha value is -3.30. The molecule has 0 radical (unpaired) electrons. The molecule has 2 unspecified atom stereocenters. The van der Waals surface area contributed by atoms with E-state index in [4.69, 9.17) is 61.6 Å². The number of hydrogen-bond acceptors (Lipinski definition) is 7. The first-order valence-corrected chi connectivity index (χ1v) is 12.6. The number of pyridine rings is 2. The van der Waals surface area contributed by atoms with Crippen LogP contribution in [0.2, 0.25) is 20.1 Å². The molecule has 0 amide bonds. The van der Waals surface area contributed by atoms with Crippen LogP contribution in [-0.2, 0) is 0 Å². The Morgan fingerprint density at radius 2 is 1.16 bits per heavy atom. The van der Waals surface area contributed by atoms with Crippen LogP contribution in [0.25, 0.3) is 0 Å². The van der Waals surface area contributed by atoms with Gasteiger partial charge in [0.2, 0.25) is 5.75 Å². The third kappa shape index (κ3) is 7.39. The summed E-state index contributed by atoms with van der Waals surface area (Å²) >= 11 is 24.4. The first-order valence-electron chi connectivity index (χ1n) is 11.1. The molecule has 0 fully saturated rings. The van der Waals surface area contributed by atoms with Crippen molar-refractivity contribution in [1.29, 1.82) is 0 Å². The Morgan fingerprint density at radius 3 is 1.61 bits per heavy atom. The van der Waals surface area contributed by atoms with E-state index < -0.39 is 11.0 Å². The van der Waals surface area contributed by atoms with Gasteiger partial charge in [-0.25, -0.2) is 4.98 Å². The van der Waals surface area contributed by atoms with Crippen molar-refractivity contribution in [1.82, 2.24) is 9.97 Å². The maximum absolute atomic E-state index is 10.9. The lowest BCUT2D eigenvalue weighted by Crippen LogP contribution is -2.07. The summed E-state index contributed by atoms with van der Waals surface area (Å²) in [5.41, 5.74) is 7.04. The van der Waals surface area contributed by atoms with Crippen molar-refractivity contribution in [2.24, 2.45) is 0 Å². The molecule has 2 atom stereocenters. The third-order valence-corrected chi connectivity index (χ3v) is 6.46. The summed E-state index contributed by atoms with van der Waals surface area (Å²) < 4.78 is 11.3. The first-order chi connectivity index (χ1) is 18.1. The number of rotatable bonds is 7. The van der Waals surface area contributed by atoms with E-state index >= 15 is 0 Å². The number of anilines is 1. The molecule has 4 aromatic rings. The van der Waals surface area contributed by atoms with Gasteiger partial charge in [0.15, 0.2) is 11.6 Å². The van der Waals surface area contributed by atoms with Crippen LogP contribution in [0.3, 0.4) is 0 Å². The van der Waals surface area contributed by atoms with E-state index in [2.05, 4.69) is 9.97 Å². The SMILES string of the molecule is CC(Oc1cccnc1N)c1c(Cl)cccc1Cl.CC(Oc1cccnc1[N+](=O)[O-])c1c(Cl)cccc1Cl. The van der Waals surface area contributed by atoms with Crippen molar-refractivity contribution in [2.45, 2.75) is 26.1 Å². The van der Waals surface area contributed by atoms with Gasteiger partial charge in [-0.3, -0.25) is 0 Å². The molecule has 0 spiro atoms. The molecule has 0 aliphatic rings. The minimum Gasteiger partial charge on any atom is -0.482 e. The van der Waals surface area contributed by atoms with Gasteiger partial charge in [-0.05, 0) is 72.3 Å². The van der Waals surface area contributed by atoms with Crippen LogP contribution >= 0.6 is 46.4 Å². The Morgan fingerprint density at radius 1 is 0.737 bits per heavy atom. The van der Waals surface area contributed by atoms with Crippen LogP contribution in [-0.4, -0.2) is 14.9 Å². The average Bonchev–Trinajstić information content (AvgIpc) is 2.86. The second-order valence-electron chi connectivity index (χ2n) is 7.76. The van der Waals surface area contributed by atoms with Crippen molar-refractivity contribution >= 4 is 58.0 Å². The maximum atomic E-state index is 10.9. The Balaban J connectivity index is 0.000000212. The Kier molecular flexibility index (Phi) is 10.4. The number of benzene rings is 2. The Labute approximate surface area is 239 Å². The highest BCUT2D eigenvalue weighted by molar-refractivity contribution is 6.36. The van der Waals surface area contributed by atoms with Crippen LogP contribution in [0.15, 0.2) is 73.1 Å². The Bertz CT molecular complexity index is 1380. The van der Waals surface area contributed by atoms with Gasteiger partial charge in [-0.2, -0.15) is 0 Å². The van der Waals surface area contributed by atoms with E-state index in [1.54, 1.807) is 67.7 Å². The topological polar surface area (TPSA) is 113 Å². The summed E-state index contributed by atoms with van der Waals surface area (Å²) in [6.07, 6.45) is 2.09. The molecular weight excluding hydrogens is 574 g/mol. The highest BCUT2D eigenvalue weighted by Crippen LogP contribution is 2.36. The van der Waals surface area contributed by atoms with Gasteiger partial charge in [-0.15, -0.1) is 0 Å². The van der Waals surface area contributed by atoms with Crippen LogP contribution < -0.4 is 15.2 Å². The zero-order valence-electron chi connectivity index (χ0n) is 20.1. The molecule has 2 aromatic carbocycles. The van der Waals surface area contributed by atoms with Gasteiger partial charge in [0.05, 0.1) is 0 Å². The normalized spacial score (nSPS) is 12.1. The van der Waals surface area contributed by atoms with E-state index in [0.29, 0.717) is 37.2 Å². The van der Waals surface area contributed by atoms with Crippen molar-refractivity contribution in [3.63, 3.8) is 0 Å². The van der Waals surface area contributed by atoms with Crippen LogP contribution in [0.5, 0.6) is 11.5 Å². The van der Waals surface area contributed by atoms with E-state index in [1.807, 2.05) is 6.92 Å². The molecule has 0 aliphatic heterocycles. The molecule has 2 N–H and O–H groups in total. The molecule has 0 aliphatic carbocycles. The predicted molar refractivity (Wildman–Crippen MR) is 151 cm³/mol. The summed E-state index contributed by atoms with van der Waals surface area (Å²) in [4.78, 5) is 17.9. The van der Waals surface area contributed by atoms with E-state index in [0.717, 1.165) is 5.56 Å². The van der Waals surface area contributed by atoms with Gasteiger partial charge in [-0.1, -0.05) is 58.5 Å². The molecule has 0 saturated heterocycles. The molecular formula is C26H22Cl4N4O4. The van der Waals surface area contributed by atoms with Crippen molar-refractivity contribution in [2.75, 3.05) is 5.73 Å². The summed E-state index contributed by atoms with van der Waals surface area (Å²) in [6.45, 7) is 3.57. The molecule has 198 valence electrons. The maximum Gasteiger partial charge on any atom is 0.406 e. The van der Waals surface area contributed by atoms with Crippen molar-refractivity contribution in [3.05, 3.63) is 114 Å². The fourth-order valence-electron chi connectivity index (χ4n) is 3.41. The van der Waals surface area contributed by atoms with E-state index in [9.17, 15) is 10.1 Å². The fourth-order valence-corrected chi connectivity index (χ4v) is 4.82. The minimum atomic E-state index is -0.601. The molecule has 38 heavy (non-hydrogen) atoms. The highest BCUT2D eigenvalue weighted by Gasteiger charge is 2.21. The lowest BCUT2D eigenvalue weighted by molar-refractivity contribution is -0.390. The summed E-state index contributed by atoms with van der Waals surface area (Å²) in [7, 11) is 0. The summed E-state index contributed by atoms with van der Waals surface area (Å²) in [5, 5.41) is 12.9. The monoisotopic (exact) mass is 594 g/mol. The van der Waals surface area contributed by atoms with Crippen LogP contribution in [0.1, 0.15) is 37.2 Å². The van der Waals surface area contributed by atoms with Crippen LogP contribution in [0, 0.1) is 10.1 Å². The molecule has 8 nitrogen and oxygen atoms in total. The third-order valence-electron chi connectivity index (χ3n) is 5.14. The van der Waals surface area contributed by atoms with Gasteiger partial charge in [0.25, 0.3) is 0 Å². The summed E-state index contributed by atoms with van der Waals surface area (Å²) in [6, 6.07) is 17.0. The zero-order valence-corrected chi connectivity index (χ0v) is 23.2. The number of aromatic nitrogens is 2. The largest absolute Gasteiger partial charge is 0.482 e. The molecule has 2 heterocycles. The molecule has 2 aromatic heterocycles. The molecule has 4 rings (SSSR count). The predicted octanol–water partition coefficient (Wildman–Crippen LogP) is 8.55.